The summed E-state index contributed by atoms with van der Waals surface area (Å²) in [6, 6.07) is 0.373. The lowest BCUT2D eigenvalue weighted by Gasteiger charge is -2.49. The maximum Gasteiger partial charge on any atom is 0.109 e. The van der Waals surface area contributed by atoms with Gasteiger partial charge in [0.2, 0.25) is 0 Å². The topological polar surface area (TPSA) is 32.7 Å². The molecule has 0 unspecified atom stereocenters. The van der Waals surface area contributed by atoms with E-state index in [0.717, 1.165) is 25.8 Å². The van der Waals surface area contributed by atoms with Gasteiger partial charge in [-0.1, -0.05) is 32.4 Å². The van der Waals surface area contributed by atoms with E-state index in [4.69, 9.17) is 4.74 Å². The van der Waals surface area contributed by atoms with Gasteiger partial charge in [0.05, 0.1) is 12.2 Å². The number of aliphatic hydroxyl groups is 1. The summed E-state index contributed by atoms with van der Waals surface area (Å²) in [6.45, 7) is 12.8. The molecule has 0 aromatic carbocycles. The second-order valence-electron chi connectivity index (χ2n) is 9.62. The zero-order valence-corrected chi connectivity index (χ0v) is 15.4. The van der Waals surface area contributed by atoms with Crippen LogP contribution in [0.2, 0.25) is 0 Å². The molecule has 3 heterocycles. The van der Waals surface area contributed by atoms with Crippen molar-refractivity contribution in [3.8, 4) is 0 Å². The average molecular weight is 319 g/mol. The van der Waals surface area contributed by atoms with Crippen molar-refractivity contribution in [2.24, 2.45) is 17.3 Å². The highest BCUT2D eigenvalue weighted by atomic mass is 16.5. The molecule has 7 atom stereocenters. The van der Waals surface area contributed by atoms with Gasteiger partial charge in [0, 0.05) is 29.5 Å². The second kappa shape index (κ2) is 4.83. The van der Waals surface area contributed by atoms with Crippen molar-refractivity contribution in [1.82, 2.24) is 4.90 Å². The first-order chi connectivity index (χ1) is 10.7. The van der Waals surface area contributed by atoms with Crippen LogP contribution in [0.15, 0.2) is 12.2 Å². The van der Waals surface area contributed by atoms with Crippen LogP contribution in [0.3, 0.4) is 0 Å². The largest absolute Gasteiger partial charge is 0.393 e. The highest BCUT2D eigenvalue weighted by Gasteiger charge is 2.68. The third-order valence-corrected chi connectivity index (χ3v) is 7.83. The third-order valence-electron chi connectivity index (χ3n) is 7.83. The fourth-order valence-corrected chi connectivity index (χ4v) is 6.40. The standard InChI is InChI=1S/C20H33NO2/c1-13-6-7-16(17(22)10-13)18(3,4)21-12-19(5)11-15-8-9-20(19,23-15)14(21)2/h8-9,13-17,22H,6-7,10-12H2,1-5H3/t13-,14+,15+,16-,17-,19-,20+/m1/s1. The zero-order chi connectivity index (χ0) is 16.6. The van der Waals surface area contributed by atoms with E-state index in [9.17, 15) is 5.11 Å². The van der Waals surface area contributed by atoms with Gasteiger partial charge in [-0.25, -0.2) is 0 Å². The van der Waals surface area contributed by atoms with Gasteiger partial charge in [-0.2, -0.15) is 0 Å². The minimum Gasteiger partial charge on any atom is -0.393 e. The molecule has 1 aliphatic carbocycles. The van der Waals surface area contributed by atoms with Gasteiger partial charge >= 0.3 is 0 Å². The molecule has 0 radical (unpaired) electrons. The summed E-state index contributed by atoms with van der Waals surface area (Å²) in [5.74, 6) is 1.02. The smallest absolute Gasteiger partial charge is 0.109 e. The van der Waals surface area contributed by atoms with E-state index < -0.39 is 0 Å². The molecule has 3 aliphatic heterocycles. The Morgan fingerprint density at radius 2 is 2.00 bits per heavy atom. The minimum atomic E-state index is -0.167. The zero-order valence-electron chi connectivity index (χ0n) is 15.4. The van der Waals surface area contributed by atoms with Crippen LogP contribution in [0.4, 0.5) is 0 Å². The van der Waals surface area contributed by atoms with Crippen molar-refractivity contribution < 1.29 is 9.84 Å². The van der Waals surface area contributed by atoms with E-state index in [2.05, 4.69) is 51.7 Å². The van der Waals surface area contributed by atoms with Crippen molar-refractivity contribution in [3.63, 3.8) is 0 Å². The number of ether oxygens (including phenoxy) is 1. The van der Waals surface area contributed by atoms with Crippen LogP contribution in [-0.2, 0) is 4.74 Å². The van der Waals surface area contributed by atoms with Gasteiger partial charge in [0.1, 0.15) is 5.60 Å². The predicted octanol–water partition coefficient (Wildman–Crippen LogP) is 3.37. The Morgan fingerprint density at radius 3 is 2.61 bits per heavy atom. The Morgan fingerprint density at radius 1 is 1.26 bits per heavy atom. The Labute approximate surface area is 141 Å². The molecular weight excluding hydrogens is 286 g/mol. The lowest BCUT2D eigenvalue weighted by molar-refractivity contribution is -0.0733. The number of aliphatic hydroxyl groups excluding tert-OH is 1. The minimum absolute atomic E-state index is 0.0103. The van der Waals surface area contributed by atoms with Gasteiger partial charge in [0.15, 0.2) is 0 Å². The average Bonchev–Trinajstić information content (AvgIpc) is 3.06. The van der Waals surface area contributed by atoms with Crippen LogP contribution in [0, 0.1) is 17.3 Å². The molecule has 2 saturated heterocycles. The van der Waals surface area contributed by atoms with Gasteiger partial charge in [-0.15, -0.1) is 0 Å². The fourth-order valence-electron chi connectivity index (χ4n) is 6.40. The predicted molar refractivity (Wildman–Crippen MR) is 92.2 cm³/mol. The molecule has 1 saturated carbocycles. The summed E-state index contributed by atoms with van der Waals surface area (Å²) in [6.07, 6.45) is 9.26. The lowest BCUT2D eigenvalue weighted by Crippen LogP contribution is -2.57. The molecule has 4 rings (SSSR count). The van der Waals surface area contributed by atoms with E-state index in [1.54, 1.807) is 0 Å². The molecular formula is C20H33NO2. The van der Waals surface area contributed by atoms with Crippen molar-refractivity contribution in [1.29, 1.82) is 0 Å². The molecule has 2 bridgehead atoms. The number of hydrogen-bond acceptors (Lipinski definition) is 3. The van der Waals surface area contributed by atoms with Crippen LogP contribution < -0.4 is 0 Å². The number of fused-ring (bicyclic) bond motifs is 1. The molecule has 130 valence electrons. The lowest BCUT2D eigenvalue weighted by atomic mass is 9.70. The first kappa shape index (κ1) is 16.1. The molecule has 3 nitrogen and oxygen atoms in total. The Bertz CT molecular complexity index is 530. The van der Waals surface area contributed by atoms with Gasteiger partial charge in [-0.3, -0.25) is 4.90 Å². The van der Waals surface area contributed by atoms with Crippen LogP contribution in [-0.4, -0.2) is 45.9 Å². The van der Waals surface area contributed by atoms with Crippen molar-refractivity contribution in [2.75, 3.05) is 6.54 Å². The van der Waals surface area contributed by atoms with Crippen molar-refractivity contribution >= 4 is 0 Å². The van der Waals surface area contributed by atoms with E-state index in [-0.39, 0.29) is 22.7 Å². The second-order valence-corrected chi connectivity index (χ2v) is 9.62. The van der Waals surface area contributed by atoms with Crippen LogP contribution >= 0.6 is 0 Å². The molecule has 1 spiro atoms. The molecule has 3 heteroatoms. The maximum absolute atomic E-state index is 10.7. The SMILES string of the molecule is C[C@@H]1CC[C@@H](C(C)(C)N2C[C@@]3(C)C[C@@H]4C=C[C@]3(O4)[C@@H]2C)[C@H](O)C1. The summed E-state index contributed by atoms with van der Waals surface area (Å²) in [7, 11) is 0. The Balaban J connectivity index is 1.62. The van der Waals surface area contributed by atoms with E-state index in [0.29, 0.717) is 24.0 Å². The molecule has 1 N–H and O–H groups in total. The summed E-state index contributed by atoms with van der Waals surface area (Å²) >= 11 is 0. The third kappa shape index (κ3) is 1.99. The first-order valence-electron chi connectivity index (χ1n) is 9.52. The Kier molecular flexibility index (Phi) is 3.38. The number of hydrogen-bond donors (Lipinski definition) is 1. The molecule has 4 aliphatic rings. The van der Waals surface area contributed by atoms with Crippen LogP contribution in [0.5, 0.6) is 0 Å². The number of likely N-dealkylation sites (tertiary alicyclic amines) is 1. The number of nitrogens with zero attached hydrogens (tertiary/aromatic N) is 1. The molecule has 3 fully saturated rings. The van der Waals surface area contributed by atoms with Gasteiger partial charge < -0.3 is 9.84 Å². The molecule has 0 aromatic rings. The van der Waals surface area contributed by atoms with E-state index >= 15 is 0 Å². The molecule has 23 heavy (non-hydrogen) atoms. The van der Waals surface area contributed by atoms with Crippen LogP contribution in [0.25, 0.3) is 0 Å². The van der Waals surface area contributed by atoms with Crippen molar-refractivity contribution in [2.45, 2.75) is 89.7 Å². The van der Waals surface area contributed by atoms with Gasteiger partial charge in [0.25, 0.3) is 0 Å². The summed E-state index contributed by atoms with van der Waals surface area (Å²) in [5, 5.41) is 10.7. The monoisotopic (exact) mass is 319 g/mol. The summed E-state index contributed by atoms with van der Waals surface area (Å²) < 4.78 is 6.44. The first-order valence-corrected chi connectivity index (χ1v) is 9.52. The summed E-state index contributed by atoms with van der Waals surface area (Å²) in [4.78, 5) is 2.66. The van der Waals surface area contributed by atoms with Gasteiger partial charge in [-0.05, 0) is 46.0 Å². The van der Waals surface area contributed by atoms with E-state index in [1.165, 1.54) is 6.42 Å². The fraction of sp³-hybridized carbons (Fsp3) is 0.900. The maximum atomic E-state index is 10.7. The molecule has 0 aromatic heterocycles. The Hall–Kier alpha value is -0.380. The van der Waals surface area contributed by atoms with Crippen LogP contribution in [0.1, 0.15) is 60.3 Å². The highest BCUT2D eigenvalue weighted by molar-refractivity contribution is 5.32. The normalized spacial score (nSPS) is 53.0. The quantitative estimate of drug-likeness (QED) is 0.792. The highest BCUT2D eigenvalue weighted by Crippen LogP contribution is 2.60. The number of rotatable bonds is 2. The van der Waals surface area contributed by atoms with Crippen molar-refractivity contribution in [3.05, 3.63) is 12.2 Å². The molecule has 0 amide bonds. The summed E-state index contributed by atoms with van der Waals surface area (Å²) in [5.41, 5.74) is 0.119. The van der Waals surface area contributed by atoms with E-state index in [1.807, 2.05) is 0 Å².